The molecule has 184 valence electrons. The molecule has 5 rings (SSSR count). The van der Waals surface area contributed by atoms with Crippen molar-refractivity contribution in [3.8, 4) is 11.8 Å². The monoisotopic (exact) mass is 485 g/mol. The van der Waals surface area contributed by atoms with Gasteiger partial charge in [-0.15, -0.1) is 0 Å². The molecule has 0 radical (unpaired) electrons. The number of aliphatic hydroxyl groups is 1. The summed E-state index contributed by atoms with van der Waals surface area (Å²) < 4.78 is 36.3. The van der Waals surface area contributed by atoms with Crippen molar-refractivity contribution in [3.05, 3.63) is 47.5 Å². The first-order valence-electron chi connectivity index (χ1n) is 11.0. The highest BCUT2D eigenvalue weighted by molar-refractivity contribution is 5.94. The number of nitrogens with one attached hydrogen (secondary N) is 2. The Morgan fingerprint density at radius 2 is 2.11 bits per heavy atom. The summed E-state index contributed by atoms with van der Waals surface area (Å²) in [6.07, 6.45) is 0.671. The van der Waals surface area contributed by atoms with Crippen LogP contribution in [0.5, 0.6) is 11.8 Å². The molecule has 3 N–H and O–H groups in total. The summed E-state index contributed by atoms with van der Waals surface area (Å²) in [5.74, 6) is -0.0871. The van der Waals surface area contributed by atoms with Gasteiger partial charge in [-0.2, -0.15) is 0 Å². The number of methoxy groups -OCH3 is 1. The second kappa shape index (κ2) is 10.0. The summed E-state index contributed by atoms with van der Waals surface area (Å²) in [7, 11) is 1.47. The van der Waals surface area contributed by atoms with Crippen LogP contribution in [0.3, 0.4) is 0 Å². The van der Waals surface area contributed by atoms with Gasteiger partial charge in [-0.25, -0.2) is 14.4 Å². The second-order valence-electron chi connectivity index (χ2n) is 8.22. The zero-order valence-corrected chi connectivity index (χ0v) is 18.9. The lowest BCUT2D eigenvalue weighted by molar-refractivity contribution is -0.230. The van der Waals surface area contributed by atoms with Crippen LogP contribution < -0.4 is 20.1 Å². The van der Waals surface area contributed by atoms with Crippen LogP contribution in [0.25, 0.3) is 11.0 Å². The molecule has 0 bridgehead atoms. The molecule has 35 heavy (non-hydrogen) atoms. The summed E-state index contributed by atoms with van der Waals surface area (Å²) >= 11 is 0. The van der Waals surface area contributed by atoms with E-state index >= 15 is 0 Å². The molecule has 3 aromatic heterocycles. The molecular formula is C23H24FN5O6. The zero-order chi connectivity index (χ0) is 24.4. The Balaban J connectivity index is 1.16. The van der Waals surface area contributed by atoms with Crippen LogP contribution in [-0.4, -0.2) is 71.3 Å². The van der Waals surface area contributed by atoms with E-state index in [0.29, 0.717) is 35.0 Å². The van der Waals surface area contributed by atoms with Gasteiger partial charge in [0.25, 0.3) is 5.91 Å². The number of pyridine rings is 3. The highest BCUT2D eigenvalue weighted by Gasteiger charge is 2.29. The summed E-state index contributed by atoms with van der Waals surface area (Å²) in [6.45, 7) is 0.982. The fourth-order valence-electron chi connectivity index (χ4n) is 3.93. The van der Waals surface area contributed by atoms with E-state index in [0.717, 1.165) is 11.8 Å². The highest BCUT2D eigenvalue weighted by atomic mass is 19.1. The van der Waals surface area contributed by atoms with Crippen LogP contribution in [-0.2, 0) is 27.2 Å². The first-order valence-corrected chi connectivity index (χ1v) is 11.0. The van der Waals surface area contributed by atoms with Gasteiger partial charge in [0.15, 0.2) is 12.9 Å². The van der Waals surface area contributed by atoms with E-state index in [1.165, 1.54) is 7.11 Å². The summed E-state index contributed by atoms with van der Waals surface area (Å²) in [5.41, 5.74) is 2.40. The number of amides is 1. The predicted octanol–water partition coefficient (Wildman–Crippen LogP) is 0.938. The van der Waals surface area contributed by atoms with E-state index in [-0.39, 0.29) is 43.8 Å². The fourth-order valence-corrected chi connectivity index (χ4v) is 3.93. The Morgan fingerprint density at radius 3 is 2.91 bits per heavy atom. The molecular weight excluding hydrogens is 461 g/mol. The fraction of sp³-hybridized carbons (Fsp3) is 0.391. The quantitative estimate of drug-likeness (QED) is 0.443. The number of carbonyl (C=O) groups excluding carboxylic acids is 1. The number of aromatic nitrogens is 3. The largest absolute Gasteiger partial charge is 0.481 e. The molecule has 12 heteroatoms. The zero-order valence-electron chi connectivity index (χ0n) is 18.9. The molecule has 3 aromatic rings. The van der Waals surface area contributed by atoms with Crippen molar-refractivity contribution in [2.75, 3.05) is 32.2 Å². The number of hydrogen-bond acceptors (Lipinski definition) is 10. The van der Waals surface area contributed by atoms with Crippen molar-refractivity contribution in [2.45, 2.75) is 31.4 Å². The van der Waals surface area contributed by atoms with Crippen molar-refractivity contribution < 1.29 is 33.2 Å². The number of halogens is 1. The maximum atomic E-state index is 14.6. The average Bonchev–Trinajstić information content (AvgIpc) is 2.88. The Morgan fingerprint density at radius 1 is 1.29 bits per heavy atom. The Bertz CT molecular complexity index is 1240. The number of carbonyl (C=O) groups is 1. The molecule has 0 unspecified atom stereocenters. The standard InChI is InChI=1S/C23H24FN5O6/c1-32-20-3-2-16-21(29-20)14(15(24)8-26-16)5-18(30)23-34-9-13(10-35-23)25-6-12-4-17-22(27-7-12)33-11-19(31)28-17/h2-4,7-8,13,18,23,25,30H,5-6,9-11H2,1H3,(H,28,31)/t13?,18-,23?/m0/s1. The van der Waals surface area contributed by atoms with Gasteiger partial charge < -0.3 is 34.7 Å². The van der Waals surface area contributed by atoms with Crippen LogP contribution >= 0.6 is 0 Å². The number of ether oxygens (including phenoxy) is 4. The van der Waals surface area contributed by atoms with E-state index in [9.17, 15) is 14.3 Å². The van der Waals surface area contributed by atoms with Gasteiger partial charge in [0.1, 0.15) is 17.6 Å². The number of aliphatic hydroxyl groups excluding tert-OH is 1. The van der Waals surface area contributed by atoms with E-state index in [2.05, 4.69) is 25.6 Å². The van der Waals surface area contributed by atoms with Crippen LogP contribution in [0, 0.1) is 5.82 Å². The molecule has 1 amide bonds. The molecule has 0 aliphatic carbocycles. The molecule has 0 spiro atoms. The van der Waals surface area contributed by atoms with Crippen LogP contribution in [0.2, 0.25) is 0 Å². The predicted molar refractivity (Wildman–Crippen MR) is 120 cm³/mol. The molecule has 0 aromatic carbocycles. The van der Waals surface area contributed by atoms with Crippen molar-refractivity contribution >= 4 is 22.6 Å². The van der Waals surface area contributed by atoms with Gasteiger partial charge >= 0.3 is 0 Å². The normalized spacial score (nSPS) is 20.6. The third-order valence-electron chi connectivity index (χ3n) is 5.72. The van der Waals surface area contributed by atoms with E-state index in [1.807, 2.05) is 0 Å². The molecule has 1 saturated heterocycles. The van der Waals surface area contributed by atoms with Crippen molar-refractivity contribution in [2.24, 2.45) is 0 Å². The Hall–Kier alpha value is -3.45. The smallest absolute Gasteiger partial charge is 0.262 e. The van der Waals surface area contributed by atoms with Crippen LogP contribution in [0.15, 0.2) is 30.6 Å². The number of rotatable bonds is 7. The van der Waals surface area contributed by atoms with E-state index < -0.39 is 18.2 Å². The second-order valence-corrected chi connectivity index (χ2v) is 8.22. The highest BCUT2D eigenvalue weighted by Crippen LogP contribution is 2.26. The third-order valence-corrected chi connectivity index (χ3v) is 5.72. The number of nitrogens with zero attached hydrogens (tertiary/aromatic N) is 3. The molecule has 1 fully saturated rings. The maximum absolute atomic E-state index is 14.6. The third kappa shape index (κ3) is 5.15. The Kier molecular flexibility index (Phi) is 6.68. The van der Waals surface area contributed by atoms with Crippen molar-refractivity contribution in [1.29, 1.82) is 0 Å². The van der Waals surface area contributed by atoms with E-state index in [4.69, 9.17) is 18.9 Å². The lowest BCUT2D eigenvalue weighted by Crippen LogP contribution is -2.48. The van der Waals surface area contributed by atoms with Gasteiger partial charge in [-0.1, -0.05) is 0 Å². The minimum Gasteiger partial charge on any atom is -0.481 e. The summed E-state index contributed by atoms with van der Waals surface area (Å²) in [4.78, 5) is 24.0. The lowest BCUT2D eigenvalue weighted by Gasteiger charge is -2.32. The van der Waals surface area contributed by atoms with Gasteiger partial charge in [0.05, 0.1) is 43.6 Å². The number of fused-ring (bicyclic) bond motifs is 2. The molecule has 11 nitrogen and oxygen atoms in total. The summed E-state index contributed by atoms with van der Waals surface area (Å²) in [6, 6.07) is 4.97. The van der Waals surface area contributed by atoms with Crippen molar-refractivity contribution in [1.82, 2.24) is 20.3 Å². The summed E-state index contributed by atoms with van der Waals surface area (Å²) in [5, 5.41) is 16.7. The molecule has 0 saturated carbocycles. The minimum atomic E-state index is -1.11. The van der Waals surface area contributed by atoms with E-state index in [1.54, 1.807) is 24.4 Å². The van der Waals surface area contributed by atoms with Crippen LogP contribution in [0.4, 0.5) is 10.1 Å². The lowest BCUT2D eigenvalue weighted by atomic mass is 10.1. The van der Waals surface area contributed by atoms with Crippen LogP contribution in [0.1, 0.15) is 11.1 Å². The average molecular weight is 485 g/mol. The van der Waals surface area contributed by atoms with Gasteiger partial charge in [-0.3, -0.25) is 9.78 Å². The SMILES string of the molecule is COc1ccc2ncc(F)c(C[C@H](O)C3OCC(NCc4cnc5c(c4)NC(=O)CO5)CO3)c2n1. The topological polar surface area (TPSA) is 137 Å². The van der Waals surface area contributed by atoms with Gasteiger partial charge in [0.2, 0.25) is 11.8 Å². The Labute approximate surface area is 199 Å². The molecule has 1 atom stereocenters. The molecule has 5 heterocycles. The number of anilines is 1. The van der Waals surface area contributed by atoms with Crippen molar-refractivity contribution in [3.63, 3.8) is 0 Å². The first kappa shape index (κ1) is 23.3. The first-order chi connectivity index (χ1) is 17.0. The maximum Gasteiger partial charge on any atom is 0.262 e. The minimum absolute atomic E-state index is 0.0455. The number of hydrogen-bond donors (Lipinski definition) is 3. The van der Waals surface area contributed by atoms with Gasteiger partial charge in [0, 0.05) is 30.8 Å². The van der Waals surface area contributed by atoms with Gasteiger partial charge in [-0.05, 0) is 17.7 Å². The molecule has 2 aliphatic rings. The molecule has 2 aliphatic heterocycles.